The van der Waals surface area contributed by atoms with Crippen molar-refractivity contribution >= 4 is 29.3 Å². The van der Waals surface area contributed by atoms with Gasteiger partial charge >= 0.3 is 0 Å². The number of benzene rings is 1. The van der Waals surface area contributed by atoms with Gasteiger partial charge in [0.1, 0.15) is 0 Å². The summed E-state index contributed by atoms with van der Waals surface area (Å²) in [6.45, 7) is 6.45. The number of amides is 1. The molecule has 0 atom stereocenters. The van der Waals surface area contributed by atoms with Crippen molar-refractivity contribution in [3.8, 4) is 0 Å². The van der Waals surface area contributed by atoms with Gasteiger partial charge in [-0.3, -0.25) is 4.79 Å². The van der Waals surface area contributed by atoms with Crippen molar-refractivity contribution in [2.45, 2.75) is 37.9 Å². The van der Waals surface area contributed by atoms with Gasteiger partial charge in [-0.05, 0) is 17.7 Å². The Morgan fingerprint density at radius 3 is 2.74 bits per heavy atom. The van der Waals surface area contributed by atoms with Gasteiger partial charge in [-0.25, -0.2) is 4.68 Å². The fourth-order valence-electron chi connectivity index (χ4n) is 1.92. The highest BCUT2D eigenvalue weighted by atomic mass is 35.5. The molecule has 1 heterocycles. The molecule has 0 radical (unpaired) electrons. The zero-order chi connectivity index (χ0) is 17.0. The zero-order valence-electron chi connectivity index (χ0n) is 13.3. The minimum atomic E-state index is -0.199. The number of nitrogens with one attached hydrogen (secondary N) is 1. The van der Waals surface area contributed by atoms with Gasteiger partial charge in [0.05, 0.1) is 5.75 Å². The first-order valence-electron chi connectivity index (χ1n) is 7.12. The quantitative estimate of drug-likeness (QED) is 0.636. The van der Waals surface area contributed by atoms with Crippen LogP contribution in [0, 0.1) is 0 Å². The maximum Gasteiger partial charge on any atom is 0.230 e. The van der Waals surface area contributed by atoms with Crippen LogP contribution in [0.1, 0.15) is 32.2 Å². The molecule has 0 fully saturated rings. The van der Waals surface area contributed by atoms with Gasteiger partial charge in [-0.1, -0.05) is 56.3 Å². The Balaban J connectivity index is 1.86. The normalized spacial score (nSPS) is 11.5. The van der Waals surface area contributed by atoms with E-state index in [2.05, 4.69) is 15.5 Å². The van der Waals surface area contributed by atoms with Crippen molar-refractivity contribution in [1.82, 2.24) is 20.2 Å². The highest BCUT2D eigenvalue weighted by Crippen LogP contribution is 2.23. The summed E-state index contributed by atoms with van der Waals surface area (Å²) >= 11 is 7.17. The standard InChI is InChI=1S/C15H20ClN5OS/c1-15(2,3)13-19-20-14(21(13)17)23-9-12(22)18-8-10-5-4-6-11(16)7-10/h4-7H,8-9,17H2,1-3H3,(H,18,22). The average molecular weight is 354 g/mol. The molecule has 0 unspecified atom stereocenters. The van der Waals surface area contributed by atoms with E-state index in [1.54, 1.807) is 6.07 Å². The number of nitrogen functional groups attached to an aromatic ring is 1. The van der Waals surface area contributed by atoms with Crippen molar-refractivity contribution in [1.29, 1.82) is 0 Å². The van der Waals surface area contributed by atoms with Crippen LogP contribution < -0.4 is 11.2 Å². The molecule has 0 aliphatic carbocycles. The number of aromatic nitrogens is 3. The number of thioether (sulfide) groups is 1. The molecule has 0 spiro atoms. The van der Waals surface area contributed by atoms with E-state index in [1.807, 2.05) is 39.0 Å². The van der Waals surface area contributed by atoms with Crippen LogP contribution in [0.25, 0.3) is 0 Å². The number of nitrogens with two attached hydrogens (primary N) is 1. The molecule has 23 heavy (non-hydrogen) atoms. The van der Waals surface area contributed by atoms with E-state index in [9.17, 15) is 4.79 Å². The summed E-state index contributed by atoms with van der Waals surface area (Å²) in [5, 5.41) is 12.1. The van der Waals surface area contributed by atoms with Crippen LogP contribution in [-0.4, -0.2) is 26.5 Å². The van der Waals surface area contributed by atoms with Crippen LogP contribution in [0.3, 0.4) is 0 Å². The van der Waals surface area contributed by atoms with Crippen LogP contribution in [0.4, 0.5) is 0 Å². The van der Waals surface area contributed by atoms with Gasteiger partial charge in [-0.15, -0.1) is 10.2 Å². The largest absolute Gasteiger partial charge is 0.351 e. The van der Waals surface area contributed by atoms with E-state index in [-0.39, 0.29) is 17.1 Å². The first kappa shape index (κ1) is 17.6. The summed E-state index contributed by atoms with van der Waals surface area (Å²) in [6, 6.07) is 7.37. The fourth-order valence-corrected chi connectivity index (χ4v) is 2.81. The lowest BCUT2D eigenvalue weighted by atomic mass is 9.96. The van der Waals surface area contributed by atoms with E-state index in [0.29, 0.717) is 22.5 Å². The minimum Gasteiger partial charge on any atom is -0.351 e. The topological polar surface area (TPSA) is 85.8 Å². The number of nitrogens with zero attached hydrogens (tertiary/aromatic N) is 3. The predicted molar refractivity (Wildman–Crippen MR) is 92.9 cm³/mol. The van der Waals surface area contributed by atoms with Crippen molar-refractivity contribution in [3.63, 3.8) is 0 Å². The SMILES string of the molecule is CC(C)(C)c1nnc(SCC(=O)NCc2cccc(Cl)c2)n1N. The molecule has 6 nitrogen and oxygen atoms in total. The molecular weight excluding hydrogens is 334 g/mol. The van der Waals surface area contributed by atoms with Crippen LogP contribution in [0.5, 0.6) is 0 Å². The second-order valence-electron chi connectivity index (χ2n) is 6.12. The number of halogens is 1. The van der Waals surface area contributed by atoms with E-state index in [0.717, 1.165) is 5.56 Å². The summed E-state index contributed by atoms with van der Waals surface area (Å²) in [5.74, 6) is 6.78. The predicted octanol–water partition coefficient (Wildman–Crippen LogP) is 2.35. The maximum atomic E-state index is 11.9. The van der Waals surface area contributed by atoms with Crippen molar-refractivity contribution in [2.24, 2.45) is 0 Å². The van der Waals surface area contributed by atoms with Gasteiger partial charge in [-0.2, -0.15) is 0 Å². The van der Waals surface area contributed by atoms with Crippen LogP contribution >= 0.6 is 23.4 Å². The highest BCUT2D eigenvalue weighted by Gasteiger charge is 2.23. The Kier molecular flexibility index (Phi) is 5.54. The Bertz CT molecular complexity index is 695. The molecule has 2 rings (SSSR count). The molecule has 0 saturated carbocycles. The number of hydrogen-bond donors (Lipinski definition) is 2. The molecule has 8 heteroatoms. The highest BCUT2D eigenvalue weighted by molar-refractivity contribution is 7.99. The smallest absolute Gasteiger partial charge is 0.230 e. The van der Waals surface area contributed by atoms with Crippen LogP contribution in [-0.2, 0) is 16.8 Å². The average Bonchev–Trinajstić information content (AvgIpc) is 2.84. The Hall–Kier alpha value is -1.73. The second-order valence-corrected chi connectivity index (χ2v) is 7.50. The van der Waals surface area contributed by atoms with Crippen molar-refractivity contribution in [2.75, 3.05) is 11.6 Å². The minimum absolute atomic E-state index is 0.102. The van der Waals surface area contributed by atoms with Gasteiger partial charge in [0.2, 0.25) is 11.1 Å². The van der Waals surface area contributed by atoms with Gasteiger partial charge < -0.3 is 11.2 Å². The zero-order valence-corrected chi connectivity index (χ0v) is 14.9. The van der Waals surface area contributed by atoms with E-state index in [1.165, 1.54) is 16.4 Å². The maximum absolute atomic E-state index is 11.9. The lowest BCUT2D eigenvalue weighted by Gasteiger charge is -2.16. The number of carbonyl (C=O) groups is 1. The van der Waals surface area contributed by atoms with E-state index >= 15 is 0 Å². The lowest BCUT2D eigenvalue weighted by Crippen LogP contribution is -2.26. The number of rotatable bonds is 5. The molecular formula is C15H20ClN5OS. The Labute approximate surface area is 144 Å². The van der Waals surface area contributed by atoms with Gasteiger partial charge in [0, 0.05) is 17.0 Å². The third-order valence-corrected chi connectivity index (χ3v) is 4.22. The molecule has 1 aromatic heterocycles. The van der Waals surface area contributed by atoms with E-state index in [4.69, 9.17) is 17.4 Å². The number of hydrogen-bond acceptors (Lipinski definition) is 5. The third kappa shape index (κ3) is 4.87. The monoisotopic (exact) mass is 353 g/mol. The molecule has 0 bridgehead atoms. The first-order chi connectivity index (χ1) is 10.8. The molecule has 3 N–H and O–H groups in total. The third-order valence-electron chi connectivity index (χ3n) is 3.05. The molecule has 1 amide bonds. The molecule has 0 saturated heterocycles. The molecule has 0 aliphatic heterocycles. The fraction of sp³-hybridized carbons (Fsp3) is 0.400. The second kappa shape index (κ2) is 7.23. The van der Waals surface area contributed by atoms with Gasteiger partial charge in [0.15, 0.2) is 5.82 Å². The summed E-state index contributed by atoms with van der Waals surface area (Å²) < 4.78 is 1.44. The summed E-state index contributed by atoms with van der Waals surface area (Å²) in [7, 11) is 0. The Morgan fingerprint density at radius 1 is 1.39 bits per heavy atom. The molecule has 2 aromatic rings. The molecule has 124 valence electrons. The van der Waals surface area contributed by atoms with Crippen LogP contribution in [0.2, 0.25) is 5.02 Å². The van der Waals surface area contributed by atoms with E-state index < -0.39 is 0 Å². The summed E-state index contributed by atoms with van der Waals surface area (Å²) in [5.41, 5.74) is 0.753. The van der Waals surface area contributed by atoms with Crippen molar-refractivity contribution < 1.29 is 4.79 Å². The van der Waals surface area contributed by atoms with Crippen LogP contribution in [0.15, 0.2) is 29.4 Å². The summed E-state index contributed by atoms with van der Waals surface area (Å²) in [6.07, 6.45) is 0. The lowest BCUT2D eigenvalue weighted by molar-refractivity contribution is -0.118. The molecule has 0 aliphatic rings. The first-order valence-corrected chi connectivity index (χ1v) is 8.48. The Morgan fingerprint density at radius 2 is 2.13 bits per heavy atom. The summed E-state index contributed by atoms with van der Waals surface area (Å²) in [4.78, 5) is 11.9. The van der Waals surface area contributed by atoms with Gasteiger partial charge in [0.25, 0.3) is 0 Å². The number of carbonyl (C=O) groups excluding carboxylic acids is 1. The molecule has 1 aromatic carbocycles. The van der Waals surface area contributed by atoms with Crippen molar-refractivity contribution in [3.05, 3.63) is 40.7 Å².